The third-order valence-electron chi connectivity index (χ3n) is 7.92. The van der Waals surface area contributed by atoms with E-state index in [2.05, 4.69) is 109 Å². The van der Waals surface area contributed by atoms with Gasteiger partial charge in [-0.3, -0.25) is 0 Å². The Hall–Kier alpha value is -3.90. The zero-order valence-corrected chi connectivity index (χ0v) is 17.6. The minimum Gasteiger partial charge on any atom is -0.0751 e. The maximum Gasteiger partial charge on any atom is 0.0516 e. The van der Waals surface area contributed by atoms with Crippen LogP contribution in [0, 0.1) is 0 Å². The molecule has 5 aromatic carbocycles. The predicted octanol–water partition coefficient (Wildman–Crippen LogP) is 6.17. The molecule has 0 bridgehead atoms. The van der Waals surface area contributed by atoms with Crippen LogP contribution in [0.1, 0.15) is 23.1 Å². The summed E-state index contributed by atoms with van der Waals surface area (Å²) in [6.45, 7) is 0. The zero-order chi connectivity index (χ0) is 20.9. The molecule has 1 unspecified atom stereocenters. The first-order valence-electron chi connectivity index (χ1n) is 11.4. The highest BCUT2D eigenvalue weighted by Crippen LogP contribution is 2.61. The SMILES string of the molecule is C1=c2ccccc2=C2c3ccccc3-c3ccc4cccc5c4c3C2(C1)c1ccccc1-5. The lowest BCUT2D eigenvalue weighted by Gasteiger charge is -2.48. The lowest BCUT2D eigenvalue weighted by atomic mass is 9.54. The van der Waals surface area contributed by atoms with Gasteiger partial charge in [0.15, 0.2) is 0 Å². The molecule has 0 heteroatoms. The van der Waals surface area contributed by atoms with E-state index in [1.807, 2.05) is 0 Å². The van der Waals surface area contributed by atoms with E-state index in [0.717, 1.165) is 6.42 Å². The number of fused-ring (bicyclic) bond motifs is 6. The third-order valence-corrected chi connectivity index (χ3v) is 7.92. The molecule has 32 heavy (non-hydrogen) atoms. The van der Waals surface area contributed by atoms with Crippen LogP contribution < -0.4 is 10.4 Å². The van der Waals surface area contributed by atoms with Gasteiger partial charge in [-0.05, 0) is 72.1 Å². The molecule has 0 saturated carbocycles. The molecule has 0 fully saturated rings. The van der Waals surface area contributed by atoms with Crippen molar-refractivity contribution in [2.75, 3.05) is 0 Å². The van der Waals surface area contributed by atoms with Gasteiger partial charge in [0.05, 0.1) is 5.41 Å². The van der Waals surface area contributed by atoms with Gasteiger partial charge in [0.25, 0.3) is 0 Å². The molecule has 0 amide bonds. The van der Waals surface area contributed by atoms with Crippen molar-refractivity contribution in [1.29, 1.82) is 0 Å². The Labute approximate surface area is 186 Å². The number of benzene rings is 5. The first-order valence-corrected chi connectivity index (χ1v) is 11.4. The first kappa shape index (κ1) is 16.8. The molecule has 0 radical (unpaired) electrons. The molecule has 0 aromatic heterocycles. The molecular weight excluding hydrogens is 384 g/mol. The van der Waals surface area contributed by atoms with E-state index in [0.29, 0.717) is 0 Å². The zero-order valence-electron chi connectivity index (χ0n) is 17.6. The average molecular weight is 405 g/mol. The van der Waals surface area contributed by atoms with Gasteiger partial charge in [-0.25, -0.2) is 0 Å². The van der Waals surface area contributed by atoms with Crippen LogP contribution >= 0.6 is 0 Å². The quantitative estimate of drug-likeness (QED) is 0.290. The summed E-state index contributed by atoms with van der Waals surface area (Å²) in [6, 6.07) is 38.6. The summed E-state index contributed by atoms with van der Waals surface area (Å²) in [6.07, 6.45) is 3.46. The fraction of sp³-hybridized carbons (Fsp3) is 0.0625. The Balaban J connectivity index is 1.74. The van der Waals surface area contributed by atoms with Crippen molar-refractivity contribution < 1.29 is 0 Å². The Morgan fingerprint density at radius 2 is 1.28 bits per heavy atom. The van der Waals surface area contributed by atoms with E-state index >= 15 is 0 Å². The van der Waals surface area contributed by atoms with E-state index in [4.69, 9.17) is 0 Å². The van der Waals surface area contributed by atoms with E-state index in [1.54, 1.807) is 0 Å². The summed E-state index contributed by atoms with van der Waals surface area (Å²) in [5, 5.41) is 5.51. The number of hydrogen-bond donors (Lipinski definition) is 0. The fourth-order valence-electron chi connectivity index (χ4n) is 6.78. The average Bonchev–Trinajstić information content (AvgIpc) is 2.87. The molecule has 1 spiro atoms. The standard InChI is InChI=1S/C32H20/c1-2-10-22-20(8-1)18-19-32-28-15-6-5-12-24(28)25-14-7-9-21-16-17-27(31(32)29(21)25)23-11-3-4-13-26(23)30(22)32/h1-18H,19H2. The van der Waals surface area contributed by atoms with Crippen molar-refractivity contribution in [3.8, 4) is 22.3 Å². The summed E-state index contributed by atoms with van der Waals surface area (Å²) in [4.78, 5) is 0. The molecule has 0 saturated heterocycles. The molecule has 0 nitrogen and oxygen atoms in total. The lowest BCUT2D eigenvalue weighted by Crippen LogP contribution is -2.45. The Morgan fingerprint density at radius 3 is 2.22 bits per heavy atom. The van der Waals surface area contributed by atoms with Gasteiger partial charge < -0.3 is 0 Å². The van der Waals surface area contributed by atoms with E-state index in [-0.39, 0.29) is 5.41 Å². The van der Waals surface area contributed by atoms with Gasteiger partial charge in [0.2, 0.25) is 0 Å². The van der Waals surface area contributed by atoms with Crippen molar-refractivity contribution in [3.63, 3.8) is 0 Å². The number of hydrogen-bond acceptors (Lipinski definition) is 0. The van der Waals surface area contributed by atoms with Gasteiger partial charge in [-0.2, -0.15) is 0 Å². The smallest absolute Gasteiger partial charge is 0.0516 e. The van der Waals surface area contributed by atoms with Gasteiger partial charge >= 0.3 is 0 Å². The van der Waals surface area contributed by atoms with E-state index in [9.17, 15) is 0 Å². The van der Waals surface area contributed by atoms with Gasteiger partial charge in [-0.15, -0.1) is 0 Å². The first-order chi connectivity index (χ1) is 15.9. The van der Waals surface area contributed by atoms with E-state index < -0.39 is 0 Å². The van der Waals surface area contributed by atoms with Crippen LogP contribution in [0.5, 0.6) is 0 Å². The van der Waals surface area contributed by atoms with Gasteiger partial charge in [0, 0.05) is 0 Å². The highest BCUT2D eigenvalue weighted by atomic mass is 14.5. The molecule has 1 atom stereocenters. The molecule has 0 aliphatic heterocycles. The molecule has 8 rings (SSSR count). The summed E-state index contributed by atoms with van der Waals surface area (Å²) in [5.74, 6) is 0. The van der Waals surface area contributed by atoms with Crippen LogP contribution in [0.25, 0.3) is 44.7 Å². The second-order valence-corrected chi connectivity index (χ2v) is 9.26. The molecule has 0 N–H and O–H groups in total. The second kappa shape index (κ2) is 5.66. The topological polar surface area (TPSA) is 0 Å². The minimum atomic E-state index is -0.164. The Bertz CT molecular complexity index is 1750. The van der Waals surface area contributed by atoms with Crippen molar-refractivity contribution >= 4 is 22.4 Å². The van der Waals surface area contributed by atoms with Crippen LogP contribution in [-0.2, 0) is 5.41 Å². The summed E-state index contributed by atoms with van der Waals surface area (Å²) >= 11 is 0. The highest BCUT2D eigenvalue weighted by Gasteiger charge is 2.49. The Kier molecular flexibility index (Phi) is 2.96. The van der Waals surface area contributed by atoms with Crippen LogP contribution in [0.3, 0.4) is 0 Å². The number of rotatable bonds is 0. The summed E-state index contributed by atoms with van der Waals surface area (Å²) in [5.41, 5.74) is 11.2. The van der Waals surface area contributed by atoms with E-state index in [1.165, 1.54) is 65.7 Å². The normalized spacial score (nSPS) is 18.8. The maximum atomic E-state index is 2.47. The third kappa shape index (κ3) is 1.78. The van der Waals surface area contributed by atoms with Crippen molar-refractivity contribution in [1.82, 2.24) is 0 Å². The summed E-state index contributed by atoms with van der Waals surface area (Å²) < 4.78 is 0. The van der Waals surface area contributed by atoms with Crippen LogP contribution in [0.15, 0.2) is 103 Å². The Morgan fingerprint density at radius 1 is 0.531 bits per heavy atom. The second-order valence-electron chi connectivity index (χ2n) is 9.26. The molecule has 3 aliphatic carbocycles. The predicted molar refractivity (Wildman–Crippen MR) is 133 cm³/mol. The maximum absolute atomic E-state index is 2.47. The largest absolute Gasteiger partial charge is 0.0751 e. The highest BCUT2D eigenvalue weighted by molar-refractivity contribution is 6.12. The molecule has 0 heterocycles. The van der Waals surface area contributed by atoms with Crippen LogP contribution in [0.4, 0.5) is 0 Å². The van der Waals surface area contributed by atoms with Crippen molar-refractivity contribution in [3.05, 3.63) is 130 Å². The van der Waals surface area contributed by atoms with Crippen molar-refractivity contribution in [2.24, 2.45) is 0 Å². The van der Waals surface area contributed by atoms with Crippen LogP contribution in [0.2, 0.25) is 0 Å². The molecule has 3 aliphatic rings. The fourth-order valence-corrected chi connectivity index (χ4v) is 6.78. The minimum absolute atomic E-state index is 0.164. The molecule has 5 aromatic rings. The summed E-state index contributed by atoms with van der Waals surface area (Å²) in [7, 11) is 0. The lowest BCUT2D eigenvalue weighted by molar-refractivity contribution is 0.682. The van der Waals surface area contributed by atoms with Crippen molar-refractivity contribution in [2.45, 2.75) is 11.8 Å². The van der Waals surface area contributed by atoms with Crippen LogP contribution in [-0.4, -0.2) is 0 Å². The molecule has 148 valence electrons. The van der Waals surface area contributed by atoms with Gasteiger partial charge in [-0.1, -0.05) is 109 Å². The molecular formula is C32H20. The monoisotopic (exact) mass is 404 g/mol. The van der Waals surface area contributed by atoms with Gasteiger partial charge in [0.1, 0.15) is 0 Å².